The fourth-order valence-electron chi connectivity index (χ4n) is 3.31. The Morgan fingerprint density at radius 3 is 2.29 bits per heavy atom. The molecule has 0 bridgehead atoms. The van der Waals surface area contributed by atoms with Crippen molar-refractivity contribution < 1.29 is 14.3 Å². The van der Waals surface area contributed by atoms with Crippen LogP contribution in [-0.2, 0) is 12.0 Å². The van der Waals surface area contributed by atoms with E-state index in [0.717, 1.165) is 5.56 Å². The molecule has 0 amide bonds. The first-order valence-electron chi connectivity index (χ1n) is 9.97. The number of hydrogen-bond acceptors (Lipinski definition) is 3. The maximum Gasteiger partial charge on any atom is 0.231 e. The molecule has 0 saturated carbocycles. The molecule has 0 fully saturated rings. The zero-order valence-electron chi connectivity index (χ0n) is 17.5. The first-order chi connectivity index (χ1) is 14.7. The average Bonchev–Trinajstić information content (AvgIpc) is 3.02. The smallest absolute Gasteiger partial charge is 0.231 e. The number of allylic oxidation sites excluding steroid dienone is 1. The predicted molar refractivity (Wildman–Crippen MR) is 125 cm³/mol. The third-order valence-electron chi connectivity index (χ3n) is 5.16. The highest BCUT2D eigenvalue weighted by Gasteiger charge is 2.28. The van der Waals surface area contributed by atoms with Crippen LogP contribution in [0.15, 0.2) is 66.4 Å². The van der Waals surface area contributed by atoms with Gasteiger partial charge in [0.05, 0.1) is 5.56 Å². The van der Waals surface area contributed by atoms with Crippen molar-refractivity contribution in [2.24, 2.45) is 0 Å². The molecule has 0 N–H and O–H groups in total. The maximum absolute atomic E-state index is 12.7. The van der Waals surface area contributed by atoms with Crippen molar-refractivity contribution in [2.75, 3.05) is 0 Å². The normalized spacial score (nSPS) is 14.5. The van der Waals surface area contributed by atoms with E-state index in [1.807, 2.05) is 12.1 Å². The number of Topliss-reactive ketones (excluding diaryl/α,β-unsaturated/α-hetero) is 1. The minimum atomic E-state index is -0.143. The van der Waals surface area contributed by atoms with Gasteiger partial charge in [-0.15, -0.1) is 0 Å². The van der Waals surface area contributed by atoms with Crippen molar-refractivity contribution in [2.45, 2.75) is 32.8 Å². The minimum absolute atomic E-state index is 0.0756. The molecule has 1 aliphatic heterocycles. The summed E-state index contributed by atoms with van der Waals surface area (Å²) in [4.78, 5) is 12.7. The van der Waals surface area contributed by atoms with Crippen molar-refractivity contribution in [3.8, 4) is 11.5 Å². The van der Waals surface area contributed by atoms with E-state index < -0.39 is 0 Å². The summed E-state index contributed by atoms with van der Waals surface area (Å²) in [6.07, 6.45) is 1.76. The van der Waals surface area contributed by atoms with Gasteiger partial charge in [-0.3, -0.25) is 4.79 Å². The summed E-state index contributed by atoms with van der Waals surface area (Å²) in [5.41, 5.74) is 3.45. The Balaban J connectivity index is 1.51. The number of rotatable bonds is 4. The van der Waals surface area contributed by atoms with E-state index in [-0.39, 0.29) is 17.8 Å². The number of ketones is 1. The number of fused-ring (bicyclic) bond motifs is 1. The van der Waals surface area contributed by atoms with Gasteiger partial charge in [-0.25, -0.2) is 0 Å². The third kappa shape index (κ3) is 4.63. The molecule has 3 nitrogen and oxygen atoms in total. The van der Waals surface area contributed by atoms with Gasteiger partial charge >= 0.3 is 0 Å². The number of carbonyl (C=O) groups is 1. The van der Waals surface area contributed by atoms with Gasteiger partial charge in [-0.2, -0.15) is 0 Å². The number of ether oxygens (including phenoxy) is 2. The van der Waals surface area contributed by atoms with Crippen LogP contribution in [0.2, 0.25) is 10.0 Å². The van der Waals surface area contributed by atoms with E-state index in [1.54, 1.807) is 42.5 Å². The van der Waals surface area contributed by atoms with Crippen LogP contribution in [0.25, 0.3) is 6.08 Å². The molecule has 0 radical (unpaired) electrons. The van der Waals surface area contributed by atoms with Crippen LogP contribution in [-0.4, -0.2) is 5.78 Å². The summed E-state index contributed by atoms with van der Waals surface area (Å²) in [6, 6.07) is 18.6. The number of hydrogen-bond donors (Lipinski definition) is 0. The molecule has 158 valence electrons. The van der Waals surface area contributed by atoms with E-state index in [0.29, 0.717) is 38.4 Å². The second kappa shape index (κ2) is 8.41. The second-order valence-corrected chi connectivity index (χ2v) is 9.27. The Labute approximate surface area is 192 Å². The Morgan fingerprint density at radius 2 is 1.65 bits per heavy atom. The molecule has 1 heterocycles. The van der Waals surface area contributed by atoms with Gasteiger partial charge in [0.2, 0.25) is 5.78 Å². The van der Waals surface area contributed by atoms with E-state index in [2.05, 4.69) is 32.9 Å². The molecule has 0 unspecified atom stereocenters. The van der Waals surface area contributed by atoms with Gasteiger partial charge in [-0.05, 0) is 46.9 Å². The van der Waals surface area contributed by atoms with E-state index in [9.17, 15) is 4.79 Å². The summed E-state index contributed by atoms with van der Waals surface area (Å²) < 4.78 is 11.7. The monoisotopic (exact) mass is 452 g/mol. The molecule has 3 aromatic rings. The molecule has 3 aromatic carbocycles. The standard InChI is InChI=1S/C26H22Cl2O3/c1-26(2,3)17-9-7-16(8-10-17)13-24-25(29)19-12-11-18(14-23(19)31-24)30-15-20-21(27)5-4-6-22(20)28/h4-14H,15H2,1-3H3/b24-13-. The molecule has 0 aliphatic carbocycles. The molecule has 4 rings (SSSR count). The second-order valence-electron chi connectivity index (χ2n) is 8.46. The molecule has 0 atom stereocenters. The van der Waals surface area contributed by atoms with Crippen molar-refractivity contribution in [3.05, 3.63) is 98.7 Å². The molecule has 0 spiro atoms. The Bertz CT molecular complexity index is 1150. The molecule has 5 heteroatoms. The largest absolute Gasteiger partial charge is 0.489 e. The molecule has 0 aromatic heterocycles. The fourth-order valence-corrected chi connectivity index (χ4v) is 3.82. The van der Waals surface area contributed by atoms with E-state index >= 15 is 0 Å². The highest BCUT2D eigenvalue weighted by atomic mass is 35.5. The number of carbonyl (C=O) groups excluding carboxylic acids is 1. The zero-order valence-corrected chi connectivity index (χ0v) is 19.1. The molecular formula is C26H22Cl2O3. The van der Waals surface area contributed by atoms with Crippen molar-refractivity contribution in [1.82, 2.24) is 0 Å². The highest BCUT2D eigenvalue weighted by Crippen LogP contribution is 2.36. The molecule has 0 saturated heterocycles. The zero-order chi connectivity index (χ0) is 22.2. The lowest BCUT2D eigenvalue weighted by molar-refractivity contribution is 0.101. The Morgan fingerprint density at radius 1 is 0.968 bits per heavy atom. The van der Waals surface area contributed by atoms with Gasteiger partial charge in [-0.1, -0.05) is 74.3 Å². The molecule has 1 aliphatic rings. The number of halogens is 2. The van der Waals surface area contributed by atoms with Crippen LogP contribution in [0.1, 0.15) is 47.8 Å². The van der Waals surface area contributed by atoms with Crippen LogP contribution < -0.4 is 9.47 Å². The van der Waals surface area contributed by atoms with E-state index in [1.165, 1.54) is 5.56 Å². The topological polar surface area (TPSA) is 35.5 Å². The first kappa shape index (κ1) is 21.5. The maximum atomic E-state index is 12.7. The molecule has 31 heavy (non-hydrogen) atoms. The fraction of sp³-hybridized carbons (Fsp3) is 0.192. The van der Waals surface area contributed by atoms with Gasteiger partial charge < -0.3 is 9.47 Å². The van der Waals surface area contributed by atoms with Gasteiger partial charge in [0.25, 0.3) is 0 Å². The van der Waals surface area contributed by atoms with Gasteiger partial charge in [0, 0.05) is 21.7 Å². The SMILES string of the molecule is CC(C)(C)c1ccc(/C=C2\Oc3cc(OCc4c(Cl)cccc4Cl)ccc3C2=O)cc1. The molecular weight excluding hydrogens is 431 g/mol. The quantitative estimate of drug-likeness (QED) is 0.384. The van der Waals surface area contributed by atoms with Crippen molar-refractivity contribution in [1.29, 1.82) is 0 Å². The van der Waals surface area contributed by atoms with Crippen LogP contribution >= 0.6 is 23.2 Å². The van der Waals surface area contributed by atoms with E-state index in [4.69, 9.17) is 32.7 Å². The van der Waals surface area contributed by atoms with Crippen LogP contribution in [0, 0.1) is 0 Å². The van der Waals surface area contributed by atoms with Crippen molar-refractivity contribution >= 4 is 35.1 Å². The van der Waals surface area contributed by atoms with Crippen molar-refractivity contribution in [3.63, 3.8) is 0 Å². The first-order valence-corrected chi connectivity index (χ1v) is 10.7. The van der Waals surface area contributed by atoms with Gasteiger partial charge in [0.15, 0.2) is 5.76 Å². The third-order valence-corrected chi connectivity index (χ3v) is 5.87. The average molecular weight is 453 g/mol. The summed E-state index contributed by atoms with van der Waals surface area (Å²) in [5, 5.41) is 1.09. The summed E-state index contributed by atoms with van der Waals surface area (Å²) in [5.74, 6) is 1.20. The minimum Gasteiger partial charge on any atom is -0.489 e. The van der Waals surface area contributed by atoms with Crippen LogP contribution in [0.3, 0.4) is 0 Å². The summed E-state index contributed by atoms with van der Waals surface area (Å²) >= 11 is 12.4. The summed E-state index contributed by atoms with van der Waals surface area (Å²) in [6.45, 7) is 6.72. The Hall–Kier alpha value is -2.75. The lowest BCUT2D eigenvalue weighted by Crippen LogP contribution is -2.10. The lowest BCUT2D eigenvalue weighted by atomic mass is 9.86. The van der Waals surface area contributed by atoms with Gasteiger partial charge in [0.1, 0.15) is 18.1 Å². The summed E-state index contributed by atoms with van der Waals surface area (Å²) in [7, 11) is 0. The highest BCUT2D eigenvalue weighted by molar-refractivity contribution is 6.35. The van der Waals surface area contributed by atoms with Crippen LogP contribution in [0.4, 0.5) is 0 Å². The lowest BCUT2D eigenvalue weighted by Gasteiger charge is -2.18. The number of benzene rings is 3. The predicted octanol–water partition coefficient (Wildman–Crippen LogP) is 7.49. The Kier molecular flexibility index (Phi) is 5.83. The van der Waals surface area contributed by atoms with Crippen LogP contribution in [0.5, 0.6) is 11.5 Å².